The molecule has 1 amide bonds. The van der Waals surface area contributed by atoms with Gasteiger partial charge in [-0.25, -0.2) is 9.97 Å². The zero-order chi connectivity index (χ0) is 22.3. The number of nitrogens with one attached hydrogen (secondary N) is 2. The summed E-state index contributed by atoms with van der Waals surface area (Å²) in [6, 6.07) is 12.8. The van der Waals surface area contributed by atoms with Crippen molar-refractivity contribution in [3.63, 3.8) is 0 Å². The summed E-state index contributed by atoms with van der Waals surface area (Å²) in [5, 5.41) is 6.61. The van der Waals surface area contributed by atoms with E-state index in [4.69, 9.17) is 4.98 Å². The third kappa shape index (κ3) is 5.84. The number of nitrogens with zero attached hydrogens (tertiary/aromatic N) is 4. The maximum absolute atomic E-state index is 12.9. The van der Waals surface area contributed by atoms with Crippen molar-refractivity contribution >= 4 is 11.7 Å². The Morgan fingerprint density at radius 2 is 1.94 bits per heavy atom. The average Bonchev–Trinajstić information content (AvgIpc) is 2.85. The molecule has 1 aromatic heterocycles. The van der Waals surface area contributed by atoms with Crippen molar-refractivity contribution in [1.29, 1.82) is 0 Å². The number of likely N-dealkylation sites (tertiary alicyclic amines) is 1. The van der Waals surface area contributed by atoms with Gasteiger partial charge in [-0.15, -0.1) is 0 Å². The lowest BCUT2D eigenvalue weighted by molar-refractivity contribution is -0.132. The van der Waals surface area contributed by atoms with Crippen LogP contribution in [0.25, 0.3) is 0 Å². The van der Waals surface area contributed by atoms with Gasteiger partial charge in [0.15, 0.2) is 0 Å². The fraction of sp³-hybridized carbons (Fsp3) is 0.560. The molecular weight excluding hydrogens is 400 g/mol. The number of rotatable bonds is 7. The number of benzene rings is 1. The maximum Gasteiger partial charge on any atom is 0.236 e. The van der Waals surface area contributed by atoms with Crippen molar-refractivity contribution in [2.45, 2.75) is 44.1 Å². The number of carbonyl (C=O) groups excluding carboxylic acids is 1. The second kappa shape index (κ2) is 10.9. The van der Waals surface area contributed by atoms with E-state index < -0.39 is 0 Å². The standard InChI is InChI=1S/C25H36N6O/c1-26-23-15-22(21-9-6-12-27-16-21)28-24(29-23)17-30(2)25(32)18-31-13-10-20(11-14-31)19-7-4-3-5-8-19/h3-5,7-8,15,20-21,27H,6,9-14,16-18H2,1-2H3,(H,26,28,29). The summed E-state index contributed by atoms with van der Waals surface area (Å²) in [6.45, 7) is 4.85. The van der Waals surface area contributed by atoms with E-state index >= 15 is 0 Å². The molecule has 2 aliphatic heterocycles. The van der Waals surface area contributed by atoms with Gasteiger partial charge in [-0.05, 0) is 56.8 Å². The first-order valence-corrected chi connectivity index (χ1v) is 11.9. The predicted octanol–water partition coefficient (Wildman–Crippen LogP) is 2.82. The van der Waals surface area contributed by atoms with E-state index in [9.17, 15) is 4.79 Å². The SMILES string of the molecule is CNc1cc(C2CCCNC2)nc(CN(C)C(=O)CN2CCC(c3ccccc3)CC2)n1. The van der Waals surface area contributed by atoms with Gasteiger partial charge in [0, 0.05) is 32.6 Å². The van der Waals surface area contributed by atoms with Crippen LogP contribution in [0.1, 0.15) is 54.6 Å². The average molecular weight is 437 g/mol. The van der Waals surface area contributed by atoms with E-state index in [0.717, 1.165) is 63.4 Å². The first-order chi connectivity index (χ1) is 15.6. The molecule has 1 atom stereocenters. The molecule has 4 rings (SSSR count). The van der Waals surface area contributed by atoms with Crippen molar-refractivity contribution in [3.8, 4) is 0 Å². The summed E-state index contributed by atoms with van der Waals surface area (Å²) in [4.78, 5) is 26.4. The number of likely N-dealkylation sites (N-methyl/N-ethyl adjacent to an activating group) is 1. The van der Waals surface area contributed by atoms with Crippen LogP contribution >= 0.6 is 0 Å². The Morgan fingerprint density at radius 1 is 1.16 bits per heavy atom. The first kappa shape index (κ1) is 22.7. The Labute approximate surface area is 191 Å². The Bertz CT molecular complexity index is 875. The highest BCUT2D eigenvalue weighted by Crippen LogP contribution is 2.28. The molecule has 2 saturated heterocycles. The minimum atomic E-state index is 0.127. The number of hydrogen-bond acceptors (Lipinski definition) is 6. The topological polar surface area (TPSA) is 73.4 Å². The van der Waals surface area contributed by atoms with Crippen LogP contribution in [0, 0.1) is 0 Å². The Kier molecular flexibility index (Phi) is 7.71. The van der Waals surface area contributed by atoms with Crippen LogP contribution in [-0.2, 0) is 11.3 Å². The van der Waals surface area contributed by atoms with Crippen molar-refractivity contribution in [2.24, 2.45) is 0 Å². The molecule has 7 heteroatoms. The molecule has 172 valence electrons. The van der Waals surface area contributed by atoms with E-state index in [1.807, 2.05) is 20.2 Å². The van der Waals surface area contributed by atoms with E-state index in [-0.39, 0.29) is 5.91 Å². The van der Waals surface area contributed by atoms with Crippen LogP contribution in [0.5, 0.6) is 0 Å². The zero-order valence-corrected chi connectivity index (χ0v) is 19.4. The van der Waals surface area contributed by atoms with Gasteiger partial charge in [0.1, 0.15) is 11.6 Å². The van der Waals surface area contributed by atoms with Gasteiger partial charge in [-0.3, -0.25) is 9.69 Å². The van der Waals surface area contributed by atoms with Crippen molar-refractivity contribution in [3.05, 3.63) is 53.5 Å². The van der Waals surface area contributed by atoms with Crippen LogP contribution in [0.3, 0.4) is 0 Å². The predicted molar refractivity (Wildman–Crippen MR) is 128 cm³/mol. The van der Waals surface area contributed by atoms with Gasteiger partial charge in [0.2, 0.25) is 5.91 Å². The van der Waals surface area contributed by atoms with E-state index in [0.29, 0.717) is 30.7 Å². The zero-order valence-electron chi connectivity index (χ0n) is 19.4. The Hall–Kier alpha value is -2.51. The second-order valence-corrected chi connectivity index (χ2v) is 9.10. The fourth-order valence-electron chi connectivity index (χ4n) is 4.79. The third-order valence-corrected chi connectivity index (χ3v) is 6.79. The molecule has 2 fully saturated rings. The van der Waals surface area contributed by atoms with Gasteiger partial charge in [-0.2, -0.15) is 0 Å². The summed E-state index contributed by atoms with van der Waals surface area (Å²) < 4.78 is 0. The highest BCUT2D eigenvalue weighted by Gasteiger charge is 2.24. The van der Waals surface area contributed by atoms with Crippen LogP contribution in [0.2, 0.25) is 0 Å². The summed E-state index contributed by atoms with van der Waals surface area (Å²) in [7, 11) is 3.74. The molecule has 3 heterocycles. The number of anilines is 1. The molecule has 0 aliphatic carbocycles. The first-order valence-electron chi connectivity index (χ1n) is 11.9. The van der Waals surface area contributed by atoms with Gasteiger partial charge in [-0.1, -0.05) is 30.3 Å². The van der Waals surface area contributed by atoms with E-state index in [1.165, 1.54) is 5.56 Å². The molecule has 7 nitrogen and oxygen atoms in total. The smallest absolute Gasteiger partial charge is 0.236 e. The van der Waals surface area contributed by atoms with Crippen LogP contribution < -0.4 is 10.6 Å². The lowest BCUT2D eigenvalue weighted by atomic mass is 9.89. The fourth-order valence-corrected chi connectivity index (χ4v) is 4.79. The molecular formula is C25H36N6O. The number of piperidine rings is 2. The minimum absolute atomic E-state index is 0.127. The molecule has 2 aliphatic rings. The van der Waals surface area contributed by atoms with Crippen LogP contribution in [-0.4, -0.2) is 72.5 Å². The number of carbonyl (C=O) groups is 1. The summed E-state index contributed by atoms with van der Waals surface area (Å²) in [5.74, 6) is 2.66. The molecule has 1 unspecified atom stereocenters. The highest BCUT2D eigenvalue weighted by atomic mass is 16.2. The van der Waals surface area contributed by atoms with Crippen LogP contribution in [0.4, 0.5) is 5.82 Å². The molecule has 0 saturated carbocycles. The van der Waals surface area contributed by atoms with Crippen LogP contribution in [0.15, 0.2) is 36.4 Å². The summed E-state index contributed by atoms with van der Waals surface area (Å²) in [5.41, 5.74) is 2.48. The maximum atomic E-state index is 12.9. The number of amides is 1. The minimum Gasteiger partial charge on any atom is -0.373 e. The van der Waals surface area contributed by atoms with Crippen molar-refractivity contribution in [1.82, 2.24) is 25.1 Å². The van der Waals surface area contributed by atoms with Crippen molar-refractivity contribution in [2.75, 3.05) is 52.1 Å². The molecule has 1 aromatic carbocycles. The quantitative estimate of drug-likeness (QED) is 0.695. The largest absolute Gasteiger partial charge is 0.373 e. The lowest BCUT2D eigenvalue weighted by Gasteiger charge is -2.32. The highest BCUT2D eigenvalue weighted by molar-refractivity contribution is 5.77. The monoisotopic (exact) mass is 436 g/mol. The third-order valence-electron chi connectivity index (χ3n) is 6.79. The molecule has 0 bridgehead atoms. The number of hydrogen-bond donors (Lipinski definition) is 2. The summed E-state index contributed by atoms with van der Waals surface area (Å²) in [6.07, 6.45) is 4.51. The Morgan fingerprint density at radius 3 is 2.62 bits per heavy atom. The molecule has 2 aromatic rings. The van der Waals surface area contributed by atoms with E-state index in [1.54, 1.807) is 4.90 Å². The summed E-state index contributed by atoms with van der Waals surface area (Å²) >= 11 is 0. The van der Waals surface area contributed by atoms with Gasteiger partial charge < -0.3 is 15.5 Å². The van der Waals surface area contributed by atoms with Crippen molar-refractivity contribution < 1.29 is 4.79 Å². The normalized spacial score (nSPS) is 20.1. The van der Waals surface area contributed by atoms with Gasteiger partial charge in [0.25, 0.3) is 0 Å². The Balaban J connectivity index is 1.31. The molecule has 0 radical (unpaired) electrons. The second-order valence-electron chi connectivity index (χ2n) is 9.10. The van der Waals surface area contributed by atoms with Gasteiger partial charge >= 0.3 is 0 Å². The molecule has 0 spiro atoms. The molecule has 32 heavy (non-hydrogen) atoms. The van der Waals surface area contributed by atoms with E-state index in [2.05, 4.69) is 50.8 Å². The van der Waals surface area contributed by atoms with Gasteiger partial charge in [0.05, 0.1) is 18.8 Å². The molecule has 2 N–H and O–H groups in total. The lowest BCUT2D eigenvalue weighted by Crippen LogP contribution is -2.41. The number of aromatic nitrogens is 2.